The van der Waals surface area contributed by atoms with Gasteiger partial charge in [0.05, 0.1) is 12.6 Å². The molecule has 1 heterocycles. The van der Waals surface area contributed by atoms with E-state index in [-0.39, 0.29) is 18.1 Å². The maximum Gasteiger partial charge on any atom is 0.244 e. The molecule has 0 aliphatic heterocycles. The van der Waals surface area contributed by atoms with Gasteiger partial charge in [-0.1, -0.05) is 37.6 Å². The summed E-state index contributed by atoms with van der Waals surface area (Å²) in [4.78, 5) is 12.0. The number of carbonyl (C=O) groups excluding carboxylic acids is 1. The van der Waals surface area contributed by atoms with Gasteiger partial charge in [-0.25, -0.2) is 9.82 Å². The van der Waals surface area contributed by atoms with Crippen LogP contribution in [-0.2, 0) is 17.6 Å². The minimum absolute atomic E-state index is 0.154. The van der Waals surface area contributed by atoms with Crippen molar-refractivity contribution in [2.45, 2.75) is 46.5 Å². The second kappa shape index (κ2) is 10.0. The Morgan fingerprint density at radius 3 is 2.40 bits per heavy atom. The van der Waals surface area contributed by atoms with Crippen LogP contribution in [0.15, 0.2) is 59.7 Å². The molecule has 2 aromatic carbocycles. The molecular weight excluding hydrogens is 377 g/mol. The molecule has 0 aliphatic rings. The first-order valence-electron chi connectivity index (χ1n) is 10.3. The molecule has 1 amide bonds. The summed E-state index contributed by atoms with van der Waals surface area (Å²) < 4.78 is 15.1. The number of nitrogens with zero attached hydrogens (tertiary/aromatic N) is 2. The number of amides is 1. The van der Waals surface area contributed by atoms with Gasteiger partial charge in [0, 0.05) is 22.6 Å². The van der Waals surface area contributed by atoms with Gasteiger partial charge < -0.3 is 4.57 Å². The number of hydrogen-bond acceptors (Lipinski definition) is 2. The van der Waals surface area contributed by atoms with Gasteiger partial charge in [-0.2, -0.15) is 5.10 Å². The third-order valence-corrected chi connectivity index (χ3v) is 5.15. The molecule has 0 radical (unpaired) electrons. The molecule has 3 aromatic rings. The van der Waals surface area contributed by atoms with Crippen molar-refractivity contribution >= 4 is 12.1 Å². The van der Waals surface area contributed by atoms with Crippen molar-refractivity contribution in [1.29, 1.82) is 0 Å². The SMILES string of the molecule is CCCCc1ccc(-n2c(C)cc(/C=N/NC(=O)Cc3ccc(F)cc3)c2C)cc1. The van der Waals surface area contributed by atoms with E-state index in [1.807, 2.05) is 6.92 Å². The van der Waals surface area contributed by atoms with Gasteiger partial charge >= 0.3 is 0 Å². The van der Waals surface area contributed by atoms with Crippen molar-refractivity contribution in [3.05, 3.63) is 88.5 Å². The summed E-state index contributed by atoms with van der Waals surface area (Å²) in [5, 5.41) is 4.10. The fourth-order valence-electron chi connectivity index (χ4n) is 3.51. The Morgan fingerprint density at radius 1 is 1.07 bits per heavy atom. The van der Waals surface area contributed by atoms with E-state index in [1.165, 1.54) is 30.5 Å². The van der Waals surface area contributed by atoms with E-state index in [4.69, 9.17) is 0 Å². The Bertz CT molecular complexity index is 1020. The van der Waals surface area contributed by atoms with Gasteiger partial charge in [0.2, 0.25) is 5.91 Å². The number of hydrogen-bond donors (Lipinski definition) is 1. The summed E-state index contributed by atoms with van der Waals surface area (Å²) >= 11 is 0. The minimum atomic E-state index is -0.317. The Hall–Kier alpha value is -3.21. The lowest BCUT2D eigenvalue weighted by molar-refractivity contribution is -0.120. The highest BCUT2D eigenvalue weighted by molar-refractivity contribution is 5.84. The number of benzene rings is 2. The summed E-state index contributed by atoms with van der Waals surface area (Å²) in [6, 6.07) is 16.6. The average Bonchev–Trinajstić information content (AvgIpc) is 3.02. The van der Waals surface area contributed by atoms with Crippen LogP contribution in [0.3, 0.4) is 0 Å². The van der Waals surface area contributed by atoms with E-state index >= 15 is 0 Å². The molecule has 1 N–H and O–H groups in total. The highest BCUT2D eigenvalue weighted by atomic mass is 19.1. The molecule has 30 heavy (non-hydrogen) atoms. The first-order valence-corrected chi connectivity index (χ1v) is 10.3. The number of rotatable bonds is 8. The van der Waals surface area contributed by atoms with Crippen LogP contribution in [0.2, 0.25) is 0 Å². The third kappa shape index (κ3) is 5.44. The monoisotopic (exact) mass is 405 g/mol. The summed E-state index contributed by atoms with van der Waals surface area (Å²) in [5.41, 5.74) is 8.87. The van der Waals surface area contributed by atoms with E-state index < -0.39 is 0 Å². The number of unbranched alkanes of at least 4 members (excludes halogenated alkanes) is 1. The number of aromatic nitrogens is 1. The van der Waals surface area contributed by atoms with E-state index in [0.717, 1.165) is 34.6 Å². The third-order valence-electron chi connectivity index (χ3n) is 5.15. The van der Waals surface area contributed by atoms with Crippen LogP contribution in [-0.4, -0.2) is 16.7 Å². The Balaban J connectivity index is 1.66. The average molecular weight is 406 g/mol. The largest absolute Gasteiger partial charge is 0.318 e. The standard InChI is InChI=1S/C25H28FN3O/c1-4-5-6-20-9-13-24(14-10-20)29-18(2)15-22(19(29)3)17-27-28-25(30)16-21-7-11-23(26)12-8-21/h7-15,17H,4-6,16H2,1-3H3,(H,28,30)/b27-17+. The summed E-state index contributed by atoms with van der Waals surface area (Å²) in [7, 11) is 0. The molecule has 4 nitrogen and oxygen atoms in total. The maximum absolute atomic E-state index is 13.0. The van der Waals surface area contributed by atoms with Crippen LogP contribution in [0.5, 0.6) is 0 Å². The van der Waals surface area contributed by atoms with Crippen LogP contribution in [0.1, 0.15) is 47.8 Å². The topological polar surface area (TPSA) is 46.4 Å². The molecule has 3 rings (SSSR count). The zero-order chi connectivity index (χ0) is 21.5. The van der Waals surface area contributed by atoms with Crippen molar-refractivity contribution in [3.63, 3.8) is 0 Å². The fraction of sp³-hybridized carbons (Fsp3) is 0.280. The van der Waals surface area contributed by atoms with E-state index in [9.17, 15) is 9.18 Å². The molecule has 5 heteroatoms. The summed E-state index contributed by atoms with van der Waals surface area (Å²) in [6.07, 6.45) is 5.32. The number of aryl methyl sites for hydroxylation is 2. The Morgan fingerprint density at radius 2 is 1.73 bits per heavy atom. The highest BCUT2D eigenvalue weighted by Gasteiger charge is 2.10. The number of nitrogens with one attached hydrogen (secondary N) is 1. The van der Waals surface area contributed by atoms with Gasteiger partial charge in [0.25, 0.3) is 0 Å². The first-order chi connectivity index (χ1) is 14.5. The van der Waals surface area contributed by atoms with Crippen LogP contribution in [0.25, 0.3) is 5.69 Å². The quantitative estimate of drug-likeness (QED) is 0.403. The number of hydrazone groups is 1. The van der Waals surface area contributed by atoms with Crippen LogP contribution in [0, 0.1) is 19.7 Å². The first kappa shape index (κ1) is 21.5. The lowest BCUT2D eigenvalue weighted by atomic mass is 10.1. The predicted molar refractivity (Wildman–Crippen MR) is 120 cm³/mol. The molecular formula is C25H28FN3O. The zero-order valence-electron chi connectivity index (χ0n) is 17.8. The molecule has 0 aliphatic carbocycles. The van der Waals surface area contributed by atoms with E-state index in [2.05, 4.69) is 59.3 Å². The summed E-state index contributed by atoms with van der Waals surface area (Å²) in [6.45, 7) is 6.30. The Labute approximate surface area is 177 Å². The second-order valence-corrected chi connectivity index (χ2v) is 7.53. The van der Waals surface area contributed by atoms with E-state index in [0.29, 0.717) is 0 Å². The predicted octanol–water partition coefficient (Wildman–Crippen LogP) is 5.27. The molecule has 0 spiro atoms. The Kier molecular flexibility index (Phi) is 7.17. The number of halogens is 1. The lowest BCUT2D eigenvalue weighted by Crippen LogP contribution is -2.19. The molecule has 0 fully saturated rings. The van der Waals surface area contributed by atoms with Crippen molar-refractivity contribution < 1.29 is 9.18 Å². The molecule has 0 bridgehead atoms. The normalized spacial score (nSPS) is 11.2. The van der Waals surface area contributed by atoms with E-state index in [1.54, 1.807) is 18.3 Å². The highest BCUT2D eigenvalue weighted by Crippen LogP contribution is 2.20. The van der Waals surface area contributed by atoms with Crippen LogP contribution in [0.4, 0.5) is 4.39 Å². The van der Waals surface area contributed by atoms with Gasteiger partial charge in [-0.15, -0.1) is 0 Å². The molecule has 156 valence electrons. The second-order valence-electron chi connectivity index (χ2n) is 7.53. The summed E-state index contributed by atoms with van der Waals surface area (Å²) in [5.74, 6) is -0.558. The van der Waals surface area contributed by atoms with Gasteiger partial charge in [0.1, 0.15) is 5.82 Å². The smallest absolute Gasteiger partial charge is 0.244 e. The molecule has 0 saturated heterocycles. The van der Waals surface area contributed by atoms with Gasteiger partial charge in [0.15, 0.2) is 0 Å². The minimum Gasteiger partial charge on any atom is -0.318 e. The molecule has 0 atom stereocenters. The lowest BCUT2D eigenvalue weighted by Gasteiger charge is -2.10. The van der Waals surface area contributed by atoms with Crippen molar-refractivity contribution in [2.75, 3.05) is 0 Å². The van der Waals surface area contributed by atoms with Crippen molar-refractivity contribution in [1.82, 2.24) is 9.99 Å². The molecule has 1 aromatic heterocycles. The van der Waals surface area contributed by atoms with Crippen molar-refractivity contribution in [2.24, 2.45) is 5.10 Å². The van der Waals surface area contributed by atoms with Gasteiger partial charge in [-0.3, -0.25) is 4.79 Å². The molecule has 0 saturated carbocycles. The van der Waals surface area contributed by atoms with Crippen molar-refractivity contribution in [3.8, 4) is 5.69 Å². The van der Waals surface area contributed by atoms with Crippen LogP contribution < -0.4 is 5.43 Å². The fourth-order valence-corrected chi connectivity index (χ4v) is 3.51. The van der Waals surface area contributed by atoms with Crippen LogP contribution >= 0.6 is 0 Å². The number of carbonyl (C=O) groups is 1. The maximum atomic E-state index is 13.0. The zero-order valence-corrected chi connectivity index (χ0v) is 17.8. The molecule has 0 unspecified atom stereocenters. The van der Waals surface area contributed by atoms with Gasteiger partial charge in [-0.05, 0) is 68.1 Å².